The van der Waals surface area contributed by atoms with Crippen LogP contribution in [0.1, 0.15) is 27.9 Å². The van der Waals surface area contributed by atoms with Crippen molar-refractivity contribution in [3.8, 4) is 6.07 Å². The number of nitrogens with zero attached hydrogens (tertiary/aromatic N) is 4. The molecule has 1 amide bonds. The molecule has 4 aromatic rings. The molecule has 6 nitrogen and oxygen atoms in total. The number of carbonyl (C=O) groups excluding carboxylic acids is 1. The van der Waals surface area contributed by atoms with Crippen molar-refractivity contribution in [1.82, 2.24) is 19.8 Å². The Morgan fingerprint density at radius 3 is 2.84 bits per heavy atom. The third kappa shape index (κ3) is 5.24. The molecule has 0 radical (unpaired) electrons. The zero-order valence-corrected chi connectivity index (χ0v) is 20.5. The molecule has 37 heavy (non-hydrogen) atoms. The standard InChI is InChI=1S/C28H22ClF2N5O/c29-23-6-4-18(12-24(23)30)2-1-10-35-11-8-25-22(17-35)21-5-3-19(15-32)13-26(21)36(25)28(37)34-16-20-7-9-33-27(31)14-20/h1-7,9,12-14H,8,10-11,16-17H2,(H,34,37)/b2-1+. The predicted octanol–water partition coefficient (Wildman–Crippen LogP) is 5.67. The first kappa shape index (κ1) is 24.6. The lowest BCUT2D eigenvalue weighted by Crippen LogP contribution is -2.34. The Labute approximate surface area is 217 Å². The smallest absolute Gasteiger partial charge is 0.326 e. The van der Waals surface area contributed by atoms with E-state index in [2.05, 4.69) is 21.3 Å². The molecule has 1 aliphatic rings. The molecule has 5 rings (SSSR count). The van der Waals surface area contributed by atoms with Crippen LogP contribution in [-0.4, -0.2) is 33.6 Å². The molecule has 2 aromatic carbocycles. The maximum absolute atomic E-state index is 13.7. The minimum Gasteiger partial charge on any atom is -0.333 e. The highest BCUT2D eigenvalue weighted by Crippen LogP contribution is 2.31. The van der Waals surface area contributed by atoms with Crippen LogP contribution in [0.4, 0.5) is 13.6 Å². The minimum atomic E-state index is -0.607. The minimum absolute atomic E-state index is 0.0913. The van der Waals surface area contributed by atoms with Crippen LogP contribution in [0.25, 0.3) is 17.0 Å². The van der Waals surface area contributed by atoms with Crippen LogP contribution in [0.3, 0.4) is 0 Å². The van der Waals surface area contributed by atoms with Crippen LogP contribution in [0.15, 0.2) is 60.8 Å². The van der Waals surface area contributed by atoms with E-state index in [1.807, 2.05) is 18.2 Å². The molecule has 0 fully saturated rings. The zero-order chi connectivity index (χ0) is 25.9. The summed E-state index contributed by atoms with van der Waals surface area (Å²) >= 11 is 5.76. The van der Waals surface area contributed by atoms with Crippen molar-refractivity contribution in [2.24, 2.45) is 0 Å². The Bertz CT molecular complexity index is 1570. The number of nitrogens with one attached hydrogen (secondary N) is 1. The number of benzene rings is 2. The van der Waals surface area contributed by atoms with Gasteiger partial charge >= 0.3 is 6.03 Å². The van der Waals surface area contributed by atoms with Gasteiger partial charge in [0, 0.05) is 49.9 Å². The molecule has 0 saturated carbocycles. The normalized spacial score (nSPS) is 13.6. The molecule has 3 heterocycles. The van der Waals surface area contributed by atoms with Crippen LogP contribution >= 0.6 is 11.6 Å². The second-order valence-electron chi connectivity index (χ2n) is 8.81. The average molecular weight is 518 g/mol. The van der Waals surface area contributed by atoms with Crippen molar-refractivity contribution in [3.63, 3.8) is 0 Å². The van der Waals surface area contributed by atoms with Gasteiger partial charge in [-0.25, -0.2) is 14.2 Å². The molecule has 0 aliphatic carbocycles. The molecule has 0 spiro atoms. The second kappa shape index (κ2) is 10.5. The van der Waals surface area contributed by atoms with Gasteiger partial charge in [0.05, 0.1) is 22.2 Å². The molecule has 1 N–H and O–H groups in total. The topological polar surface area (TPSA) is 74.0 Å². The van der Waals surface area contributed by atoms with E-state index in [0.717, 1.165) is 28.8 Å². The van der Waals surface area contributed by atoms with E-state index in [-0.39, 0.29) is 17.6 Å². The largest absolute Gasteiger partial charge is 0.333 e. The van der Waals surface area contributed by atoms with Crippen LogP contribution in [-0.2, 0) is 19.5 Å². The molecule has 0 saturated heterocycles. The molecular formula is C28H22ClF2N5O. The third-order valence-electron chi connectivity index (χ3n) is 6.41. The van der Waals surface area contributed by atoms with Crippen LogP contribution < -0.4 is 5.32 Å². The summed E-state index contributed by atoms with van der Waals surface area (Å²) in [6, 6.07) is 14.8. The SMILES string of the molecule is N#Cc1ccc2c3c(n(C(=O)NCc4ccnc(F)c4)c2c1)CCN(C/C=C/c1ccc(Cl)c(F)c1)C3. The lowest BCUT2D eigenvalue weighted by Gasteiger charge is -2.27. The number of pyridine rings is 1. The molecular weight excluding hydrogens is 496 g/mol. The van der Waals surface area contributed by atoms with Crippen molar-refractivity contribution in [2.75, 3.05) is 13.1 Å². The highest BCUT2D eigenvalue weighted by atomic mass is 35.5. The monoisotopic (exact) mass is 517 g/mol. The summed E-state index contributed by atoms with van der Waals surface area (Å²) in [5, 5.41) is 13.3. The van der Waals surface area contributed by atoms with Gasteiger partial charge in [0.1, 0.15) is 5.82 Å². The van der Waals surface area contributed by atoms with Crippen molar-refractivity contribution in [3.05, 3.63) is 106 Å². The van der Waals surface area contributed by atoms with E-state index < -0.39 is 11.8 Å². The fourth-order valence-electron chi connectivity index (χ4n) is 4.63. The van der Waals surface area contributed by atoms with Crippen LogP contribution in [0, 0.1) is 23.1 Å². The Balaban J connectivity index is 1.39. The van der Waals surface area contributed by atoms with Crippen molar-refractivity contribution >= 4 is 34.6 Å². The maximum atomic E-state index is 13.7. The third-order valence-corrected chi connectivity index (χ3v) is 6.72. The summed E-state index contributed by atoms with van der Waals surface area (Å²) < 4.78 is 28.8. The number of rotatable bonds is 5. The van der Waals surface area contributed by atoms with Crippen molar-refractivity contribution < 1.29 is 13.6 Å². The summed E-state index contributed by atoms with van der Waals surface area (Å²) in [6.07, 6.45) is 5.82. The molecule has 2 aromatic heterocycles. The van der Waals surface area contributed by atoms with E-state index in [1.54, 1.807) is 28.8 Å². The lowest BCUT2D eigenvalue weighted by molar-refractivity contribution is 0.240. The number of aromatic nitrogens is 2. The molecule has 0 unspecified atom stereocenters. The fourth-order valence-corrected chi connectivity index (χ4v) is 4.75. The number of hydrogen-bond acceptors (Lipinski definition) is 4. The van der Waals surface area contributed by atoms with Gasteiger partial charge in [-0.1, -0.05) is 35.9 Å². The number of amides is 1. The van der Waals surface area contributed by atoms with Gasteiger partial charge in [-0.3, -0.25) is 9.47 Å². The van der Waals surface area contributed by atoms with Gasteiger partial charge in [-0.15, -0.1) is 0 Å². The van der Waals surface area contributed by atoms with Crippen LogP contribution in [0.5, 0.6) is 0 Å². The van der Waals surface area contributed by atoms with Gasteiger partial charge in [-0.05, 0) is 53.1 Å². The molecule has 0 bridgehead atoms. The van der Waals surface area contributed by atoms with E-state index in [4.69, 9.17) is 11.6 Å². The van der Waals surface area contributed by atoms with Gasteiger partial charge in [0.2, 0.25) is 5.95 Å². The highest BCUT2D eigenvalue weighted by molar-refractivity contribution is 6.30. The number of fused-ring (bicyclic) bond motifs is 3. The van der Waals surface area contributed by atoms with Crippen molar-refractivity contribution in [2.45, 2.75) is 19.5 Å². The molecule has 9 heteroatoms. The van der Waals surface area contributed by atoms with E-state index in [0.29, 0.717) is 36.2 Å². The van der Waals surface area contributed by atoms with E-state index in [9.17, 15) is 18.8 Å². The van der Waals surface area contributed by atoms with Crippen molar-refractivity contribution in [1.29, 1.82) is 5.26 Å². The second-order valence-corrected chi connectivity index (χ2v) is 9.22. The number of hydrogen-bond donors (Lipinski definition) is 1. The number of nitriles is 1. The first-order chi connectivity index (χ1) is 17.9. The zero-order valence-electron chi connectivity index (χ0n) is 19.7. The number of carbonyl (C=O) groups is 1. The van der Waals surface area contributed by atoms with Crippen LogP contribution in [0.2, 0.25) is 5.02 Å². The average Bonchev–Trinajstić information content (AvgIpc) is 3.22. The van der Waals surface area contributed by atoms with Gasteiger partial charge in [-0.2, -0.15) is 9.65 Å². The summed E-state index contributed by atoms with van der Waals surface area (Å²) in [4.78, 5) is 19.1. The first-order valence-corrected chi connectivity index (χ1v) is 12.1. The maximum Gasteiger partial charge on any atom is 0.326 e. The summed E-state index contributed by atoms with van der Waals surface area (Å²) in [7, 11) is 0. The lowest BCUT2D eigenvalue weighted by atomic mass is 10.0. The quantitative estimate of drug-likeness (QED) is 0.346. The molecule has 0 atom stereocenters. The predicted molar refractivity (Wildman–Crippen MR) is 138 cm³/mol. The van der Waals surface area contributed by atoms with Gasteiger partial charge < -0.3 is 5.32 Å². The first-order valence-electron chi connectivity index (χ1n) is 11.7. The Hall–Kier alpha value is -4.06. The Morgan fingerprint density at radius 2 is 2.05 bits per heavy atom. The Morgan fingerprint density at radius 1 is 1.19 bits per heavy atom. The fraction of sp³-hybridized carbons (Fsp3) is 0.179. The molecule has 1 aliphatic heterocycles. The summed E-state index contributed by atoms with van der Waals surface area (Å²) in [5.74, 6) is -1.06. The number of halogens is 3. The summed E-state index contributed by atoms with van der Waals surface area (Å²) in [6.45, 7) is 2.13. The Kier molecular flexibility index (Phi) is 6.99. The van der Waals surface area contributed by atoms with E-state index >= 15 is 0 Å². The summed E-state index contributed by atoms with van der Waals surface area (Å²) in [5.41, 5.74) is 4.37. The van der Waals surface area contributed by atoms with Gasteiger partial charge in [0.25, 0.3) is 0 Å². The van der Waals surface area contributed by atoms with Gasteiger partial charge in [0.15, 0.2) is 0 Å². The molecule has 186 valence electrons. The highest BCUT2D eigenvalue weighted by Gasteiger charge is 2.26. The van der Waals surface area contributed by atoms with E-state index in [1.165, 1.54) is 24.4 Å².